The monoisotopic (exact) mass is 428 g/mol. The van der Waals surface area contributed by atoms with Crippen LogP contribution in [0.1, 0.15) is 135 Å². The zero-order valence-corrected chi connectivity index (χ0v) is 19.4. The molecule has 5 heteroatoms. The van der Waals surface area contributed by atoms with Crippen LogP contribution in [0.25, 0.3) is 0 Å². The average Bonchev–Trinajstić information content (AvgIpc) is 2.70. The van der Waals surface area contributed by atoms with E-state index in [2.05, 4.69) is 0 Å². The van der Waals surface area contributed by atoms with E-state index < -0.39 is 11.9 Å². The van der Waals surface area contributed by atoms with E-state index in [1.807, 2.05) is 0 Å². The minimum Gasteiger partial charge on any atom is -0.481 e. The lowest BCUT2D eigenvalue weighted by Crippen LogP contribution is -1.97. The second kappa shape index (κ2) is 24.2. The molecule has 0 aliphatic rings. The largest absolute Gasteiger partial charge is 0.481 e. The van der Waals surface area contributed by atoms with Crippen LogP contribution in [0.15, 0.2) is 0 Å². The molecule has 0 radical (unpaired) electrons. The Morgan fingerprint density at radius 1 is 0.400 bits per heavy atom. The first kappa shape index (κ1) is 28.9. The quantitative estimate of drug-likeness (QED) is 0.148. The van der Waals surface area contributed by atoms with Crippen LogP contribution in [0.3, 0.4) is 0 Å². The second-order valence-corrected chi connectivity index (χ2v) is 8.62. The lowest BCUT2D eigenvalue weighted by atomic mass is 10.0. The number of carboxylic acid groups (broad SMARTS) is 2. The fraction of sp³-hybridized carbons (Fsp3) is 0.920. The Hall–Kier alpha value is -1.10. The molecule has 0 bridgehead atoms. The van der Waals surface area contributed by atoms with Crippen LogP contribution in [-0.4, -0.2) is 35.4 Å². The first-order valence-corrected chi connectivity index (χ1v) is 12.6. The lowest BCUT2D eigenvalue weighted by molar-refractivity contribution is -0.138. The SMILES string of the molecule is O=C(O)CCCCCCCCCCCCCCOCCCCCCCCCC(=O)O. The summed E-state index contributed by atoms with van der Waals surface area (Å²) in [6, 6.07) is 0. The maximum Gasteiger partial charge on any atom is 0.303 e. The molecule has 0 aliphatic carbocycles. The number of carboxylic acids is 2. The van der Waals surface area contributed by atoms with Gasteiger partial charge in [0.25, 0.3) is 0 Å². The number of hydrogen-bond donors (Lipinski definition) is 2. The molecule has 0 aromatic carbocycles. The highest BCUT2D eigenvalue weighted by Crippen LogP contribution is 2.13. The molecule has 0 spiro atoms. The minimum atomic E-state index is -0.679. The highest BCUT2D eigenvalue weighted by Gasteiger charge is 1.98. The number of hydrogen-bond acceptors (Lipinski definition) is 3. The van der Waals surface area contributed by atoms with E-state index in [1.54, 1.807) is 0 Å². The van der Waals surface area contributed by atoms with E-state index >= 15 is 0 Å². The van der Waals surface area contributed by atoms with Gasteiger partial charge in [-0.05, 0) is 25.7 Å². The molecule has 0 aromatic rings. The van der Waals surface area contributed by atoms with Gasteiger partial charge in [-0.25, -0.2) is 0 Å². The number of carbonyl (C=O) groups is 2. The van der Waals surface area contributed by atoms with Crippen LogP contribution >= 0.6 is 0 Å². The highest BCUT2D eigenvalue weighted by molar-refractivity contribution is 5.66. The van der Waals surface area contributed by atoms with Crippen molar-refractivity contribution in [2.24, 2.45) is 0 Å². The summed E-state index contributed by atoms with van der Waals surface area (Å²) < 4.78 is 5.72. The predicted octanol–water partition coefficient (Wildman–Crippen LogP) is 7.36. The number of rotatable bonds is 25. The van der Waals surface area contributed by atoms with Crippen LogP contribution < -0.4 is 0 Å². The molecule has 0 aliphatic heterocycles. The molecular weight excluding hydrogens is 380 g/mol. The van der Waals surface area contributed by atoms with Crippen molar-refractivity contribution < 1.29 is 24.5 Å². The molecule has 5 nitrogen and oxygen atoms in total. The lowest BCUT2D eigenvalue weighted by Gasteiger charge is -2.05. The average molecular weight is 429 g/mol. The zero-order valence-electron chi connectivity index (χ0n) is 19.4. The molecule has 0 rings (SSSR count). The van der Waals surface area contributed by atoms with Gasteiger partial charge in [0.2, 0.25) is 0 Å². The Balaban J connectivity index is 3.02. The first-order chi connectivity index (χ1) is 14.6. The highest BCUT2D eigenvalue weighted by atomic mass is 16.5. The molecule has 0 saturated heterocycles. The van der Waals surface area contributed by atoms with Crippen molar-refractivity contribution in [3.05, 3.63) is 0 Å². The normalized spacial score (nSPS) is 11.1. The van der Waals surface area contributed by atoms with E-state index in [1.165, 1.54) is 83.5 Å². The van der Waals surface area contributed by atoms with Crippen LogP contribution in [0.4, 0.5) is 0 Å². The van der Waals surface area contributed by atoms with Crippen LogP contribution in [0.2, 0.25) is 0 Å². The first-order valence-electron chi connectivity index (χ1n) is 12.6. The summed E-state index contributed by atoms with van der Waals surface area (Å²) in [4.78, 5) is 20.8. The molecule has 178 valence electrons. The van der Waals surface area contributed by atoms with Gasteiger partial charge in [0.15, 0.2) is 0 Å². The number of unbranched alkanes of at least 4 members (excludes halogenated alkanes) is 17. The summed E-state index contributed by atoms with van der Waals surface area (Å²) in [5, 5.41) is 17.1. The van der Waals surface area contributed by atoms with Gasteiger partial charge in [-0.3, -0.25) is 9.59 Å². The third-order valence-electron chi connectivity index (χ3n) is 5.61. The molecule has 0 atom stereocenters. The van der Waals surface area contributed by atoms with Gasteiger partial charge in [0, 0.05) is 26.1 Å². The summed E-state index contributed by atoms with van der Waals surface area (Å²) in [6.07, 6.45) is 23.2. The Bertz CT molecular complexity index is 348. The van der Waals surface area contributed by atoms with Crippen LogP contribution in [0, 0.1) is 0 Å². The Morgan fingerprint density at radius 3 is 0.900 bits per heavy atom. The molecule has 30 heavy (non-hydrogen) atoms. The fourth-order valence-electron chi connectivity index (χ4n) is 3.71. The molecule has 2 N–H and O–H groups in total. The Labute approximate surface area is 185 Å². The van der Waals surface area contributed by atoms with E-state index in [9.17, 15) is 9.59 Å². The smallest absolute Gasteiger partial charge is 0.303 e. The Kier molecular flexibility index (Phi) is 23.3. The van der Waals surface area contributed by atoms with Crippen molar-refractivity contribution in [3.63, 3.8) is 0 Å². The van der Waals surface area contributed by atoms with Crippen LogP contribution in [-0.2, 0) is 14.3 Å². The van der Waals surface area contributed by atoms with E-state index in [0.717, 1.165) is 51.7 Å². The standard InChI is InChI=1S/C25H48O5/c26-24(27)20-16-12-8-5-3-1-2-4-6-10-14-18-22-30-23-19-15-11-7-9-13-17-21-25(28)29/h1-23H2,(H,26,27)(H,28,29). The molecule has 0 amide bonds. The van der Waals surface area contributed by atoms with Crippen molar-refractivity contribution in [2.75, 3.05) is 13.2 Å². The molecular formula is C25H48O5. The van der Waals surface area contributed by atoms with Gasteiger partial charge in [-0.2, -0.15) is 0 Å². The van der Waals surface area contributed by atoms with Crippen molar-refractivity contribution in [3.8, 4) is 0 Å². The van der Waals surface area contributed by atoms with Gasteiger partial charge in [0.05, 0.1) is 0 Å². The van der Waals surface area contributed by atoms with Crippen molar-refractivity contribution >= 4 is 11.9 Å². The van der Waals surface area contributed by atoms with Gasteiger partial charge in [-0.15, -0.1) is 0 Å². The summed E-state index contributed by atoms with van der Waals surface area (Å²) in [7, 11) is 0. The van der Waals surface area contributed by atoms with Crippen molar-refractivity contribution in [2.45, 2.75) is 135 Å². The van der Waals surface area contributed by atoms with Gasteiger partial charge >= 0.3 is 11.9 Å². The van der Waals surface area contributed by atoms with Gasteiger partial charge < -0.3 is 14.9 Å². The van der Waals surface area contributed by atoms with E-state index in [0.29, 0.717) is 12.8 Å². The molecule has 0 saturated carbocycles. The molecule has 0 fully saturated rings. The van der Waals surface area contributed by atoms with Crippen LogP contribution in [0.5, 0.6) is 0 Å². The summed E-state index contributed by atoms with van der Waals surface area (Å²) in [6.45, 7) is 1.78. The topological polar surface area (TPSA) is 83.8 Å². The molecule has 0 aromatic heterocycles. The number of aliphatic carboxylic acids is 2. The number of ether oxygens (including phenoxy) is 1. The summed E-state index contributed by atoms with van der Waals surface area (Å²) >= 11 is 0. The van der Waals surface area contributed by atoms with E-state index in [-0.39, 0.29) is 0 Å². The van der Waals surface area contributed by atoms with Crippen molar-refractivity contribution in [1.29, 1.82) is 0 Å². The van der Waals surface area contributed by atoms with E-state index in [4.69, 9.17) is 14.9 Å². The van der Waals surface area contributed by atoms with Gasteiger partial charge in [0.1, 0.15) is 0 Å². The molecule has 0 unspecified atom stereocenters. The maximum atomic E-state index is 10.4. The summed E-state index contributed by atoms with van der Waals surface area (Å²) in [5.74, 6) is -1.35. The third-order valence-corrected chi connectivity index (χ3v) is 5.61. The zero-order chi connectivity index (χ0) is 22.1. The van der Waals surface area contributed by atoms with Crippen molar-refractivity contribution in [1.82, 2.24) is 0 Å². The Morgan fingerprint density at radius 2 is 0.633 bits per heavy atom. The second-order valence-electron chi connectivity index (χ2n) is 8.62. The van der Waals surface area contributed by atoms with Gasteiger partial charge in [-0.1, -0.05) is 96.3 Å². The predicted molar refractivity (Wildman–Crippen MR) is 123 cm³/mol. The third kappa shape index (κ3) is 26.9. The maximum absolute atomic E-state index is 10.4. The summed E-state index contributed by atoms with van der Waals surface area (Å²) in [5.41, 5.74) is 0. The molecule has 0 heterocycles. The minimum absolute atomic E-state index is 0.312. The fourth-order valence-corrected chi connectivity index (χ4v) is 3.71.